The summed E-state index contributed by atoms with van der Waals surface area (Å²) in [6.45, 7) is 2.63. The molecule has 1 aromatic rings. The minimum atomic E-state index is -0.377. The van der Waals surface area contributed by atoms with Crippen LogP contribution in [0.1, 0.15) is 18.5 Å². The van der Waals surface area contributed by atoms with Crippen LogP contribution in [0, 0.1) is 11.3 Å². The first-order valence-corrected chi connectivity index (χ1v) is 4.68. The Balaban J connectivity index is 2.95. The van der Waals surface area contributed by atoms with Crippen LogP contribution < -0.4 is 5.32 Å². The largest absolute Gasteiger partial charge is 0.506 e. The van der Waals surface area contributed by atoms with E-state index >= 15 is 0 Å². The Hall–Kier alpha value is -1.24. The monoisotopic (exact) mass is 210 g/mol. The molecule has 0 bridgehead atoms. The van der Waals surface area contributed by atoms with Gasteiger partial charge in [-0.05, 0) is 24.2 Å². The van der Waals surface area contributed by atoms with Crippen LogP contribution in [-0.4, -0.2) is 11.7 Å². The summed E-state index contributed by atoms with van der Waals surface area (Å²) in [5.41, 5.74) is 0.761. The maximum Gasteiger partial charge on any atom is 0.134 e. The number of nitrogens with one attached hydrogen (secondary N) is 1. The Kier molecular flexibility index (Phi) is 3.75. The minimum Gasteiger partial charge on any atom is -0.506 e. The second-order valence-electron chi connectivity index (χ2n) is 2.83. The van der Waals surface area contributed by atoms with Gasteiger partial charge in [0.2, 0.25) is 0 Å². The first-order chi connectivity index (χ1) is 6.69. The van der Waals surface area contributed by atoms with Crippen molar-refractivity contribution in [2.75, 3.05) is 6.54 Å². The molecule has 0 saturated heterocycles. The SMILES string of the molecule is CCNC(C#N)c1ccc(O)c(Cl)c1. The molecule has 0 saturated carbocycles. The lowest BCUT2D eigenvalue weighted by molar-refractivity contribution is 0.475. The van der Waals surface area contributed by atoms with Crippen LogP contribution in [0.4, 0.5) is 0 Å². The normalized spacial score (nSPS) is 12.1. The fourth-order valence-electron chi connectivity index (χ4n) is 1.14. The number of halogens is 1. The van der Waals surface area contributed by atoms with Gasteiger partial charge in [0, 0.05) is 0 Å². The number of nitriles is 1. The molecule has 0 fully saturated rings. The van der Waals surface area contributed by atoms with E-state index in [0.717, 1.165) is 5.56 Å². The summed E-state index contributed by atoms with van der Waals surface area (Å²) in [6.07, 6.45) is 0. The van der Waals surface area contributed by atoms with Crippen LogP contribution >= 0.6 is 11.6 Å². The van der Waals surface area contributed by atoms with Crippen molar-refractivity contribution in [1.29, 1.82) is 5.26 Å². The molecule has 1 atom stereocenters. The maximum absolute atomic E-state index is 9.19. The van der Waals surface area contributed by atoms with Gasteiger partial charge in [-0.1, -0.05) is 24.6 Å². The van der Waals surface area contributed by atoms with Crippen LogP contribution in [0.5, 0.6) is 5.75 Å². The van der Waals surface area contributed by atoms with Gasteiger partial charge in [-0.2, -0.15) is 5.26 Å². The Morgan fingerprint density at radius 2 is 2.36 bits per heavy atom. The molecule has 0 aliphatic heterocycles. The molecule has 0 aromatic heterocycles. The maximum atomic E-state index is 9.19. The number of hydrogen-bond acceptors (Lipinski definition) is 3. The molecule has 0 radical (unpaired) electrons. The third kappa shape index (κ3) is 2.38. The van der Waals surface area contributed by atoms with Gasteiger partial charge in [0.15, 0.2) is 0 Å². The lowest BCUT2D eigenvalue weighted by atomic mass is 10.1. The standard InChI is InChI=1S/C10H11ClN2O/c1-2-13-9(6-12)7-3-4-10(14)8(11)5-7/h3-5,9,13-14H,2H2,1H3. The van der Waals surface area contributed by atoms with Crippen LogP contribution in [0.3, 0.4) is 0 Å². The molecule has 0 spiro atoms. The van der Waals surface area contributed by atoms with Crippen molar-refractivity contribution >= 4 is 11.6 Å². The molecule has 1 aromatic carbocycles. The summed E-state index contributed by atoms with van der Waals surface area (Å²) in [4.78, 5) is 0. The molecule has 1 rings (SSSR count). The first-order valence-electron chi connectivity index (χ1n) is 4.30. The lowest BCUT2D eigenvalue weighted by Crippen LogP contribution is -2.19. The zero-order valence-corrected chi connectivity index (χ0v) is 8.54. The van der Waals surface area contributed by atoms with Crippen molar-refractivity contribution in [3.8, 4) is 11.8 Å². The molecule has 0 aliphatic rings. The second-order valence-corrected chi connectivity index (χ2v) is 3.24. The fraction of sp³-hybridized carbons (Fsp3) is 0.300. The van der Waals surface area contributed by atoms with E-state index in [2.05, 4.69) is 11.4 Å². The topological polar surface area (TPSA) is 56.0 Å². The highest BCUT2D eigenvalue weighted by Crippen LogP contribution is 2.26. The van der Waals surface area contributed by atoms with E-state index in [1.165, 1.54) is 6.07 Å². The summed E-state index contributed by atoms with van der Waals surface area (Å²) in [6, 6.07) is 6.49. The van der Waals surface area contributed by atoms with Gasteiger partial charge >= 0.3 is 0 Å². The Morgan fingerprint density at radius 1 is 1.64 bits per heavy atom. The zero-order valence-electron chi connectivity index (χ0n) is 7.79. The van der Waals surface area contributed by atoms with Crippen LogP contribution in [-0.2, 0) is 0 Å². The van der Waals surface area contributed by atoms with E-state index < -0.39 is 0 Å². The van der Waals surface area contributed by atoms with Gasteiger partial charge in [-0.15, -0.1) is 0 Å². The van der Waals surface area contributed by atoms with E-state index in [1.807, 2.05) is 6.92 Å². The number of rotatable bonds is 3. The van der Waals surface area contributed by atoms with Gasteiger partial charge in [0.05, 0.1) is 11.1 Å². The zero-order chi connectivity index (χ0) is 10.6. The predicted octanol–water partition coefficient (Wildman–Crippen LogP) is 2.22. The highest BCUT2D eigenvalue weighted by atomic mass is 35.5. The van der Waals surface area contributed by atoms with E-state index in [4.69, 9.17) is 16.9 Å². The average Bonchev–Trinajstić information content (AvgIpc) is 2.19. The molecule has 0 heterocycles. The van der Waals surface area contributed by atoms with Crippen LogP contribution in [0.25, 0.3) is 0 Å². The molecule has 4 heteroatoms. The molecule has 74 valence electrons. The average molecular weight is 211 g/mol. The first kappa shape index (κ1) is 10.8. The summed E-state index contributed by atoms with van der Waals surface area (Å²) < 4.78 is 0. The van der Waals surface area contributed by atoms with E-state index in [1.54, 1.807) is 12.1 Å². The Morgan fingerprint density at radius 3 is 2.86 bits per heavy atom. The number of hydrogen-bond donors (Lipinski definition) is 2. The van der Waals surface area contributed by atoms with Crippen molar-refractivity contribution in [3.05, 3.63) is 28.8 Å². The van der Waals surface area contributed by atoms with Crippen LogP contribution in [0.15, 0.2) is 18.2 Å². The Bertz CT molecular complexity index is 360. The minimum absolute atomic E-state index is 0.0311. The van der Waals surface area contributed by atoms with E-state index in [0.29, 0.717) is 6.54 Å². The lowest BCUT2D eigenvalue weighted by Gasteiger charge is -2.10. The second kappa shape index (κ2) is 4.85. The van der Waals surface area contributed by atoms with Crippen molar-refractivity contribution in [2.24, 2.45) is 0 Å². The predicted molar refractivity (Wildman–Crippen MR) is 55.1 cm³/mol. The van der Waals surface area contributed by atoms with Gasteiger partial charge in [-0.25, -0.2) is 0 Å². The summed E-state index contributed by atoms with van der Waals surface area (Å²) in [7, 11) is 0. The van der Waals surface area contributed by atoms with Crippen molar-refractivity contribution in [1.82, 2.24) is 5.32 Å². The van der Waals surface area contributed by atoms with Crippen molar-refractivity contribution in [2.45, 2.75) is 13.0 Å². The van der Waals surface area contributed by atoms with Crippen LogP contribution in [0.2, 0.25) is 5.02 Å². The molecule has 1 unspecified atom stereocenters. The van der Waals surface area contributed by atoms with Gasteiger partial charge in [0.1, 0.15) is 11.8 Å². The number of phenolic OH excluding ortho intramolecular Hbond substituents is 1. The molecular formula is C10H11ClN2O. The molecule has 0 aliphatic carbocycles. The van der Waals surface area contributed by atoms with Gasteiger partial charge in [0.25, 0.3) is 0 Å². The highest BCUT2D eigenvalue weighted by molar-refractivity contribution is 6.32. The Labute approximate surface area is 87.9 Å². The fourth-order valence-corrected chi connectivity index (χ4v) is 1.33. The summed E-state index contributed by atoms with van der Waals surface area (Å²) in [5, 5.41) is 21.3. The summed E-state index contributed by atoms with van der Waals surface area (Å²) in [5.74, 6) is 0.0311. The number of nitrogens with zero attached hydrogens (tertiary/aromatic N) is 1. The number of aromatic hydroxyl groups is 1. The molecule has 0 amide bonds. The molecule has 14 heavy (non-hydrogen) atoms. The summed E-state index contributed by atoms with van der Waals surface area (Å²) >= 11 is 5.73. The third-order valence-corrected chi connectivity index (χ3v) is 2.15. The van der Waals surface area contributed by atoms with E-state index in [9.17, 15) is 5.11 Å². The van der Waals surface area contributed by atoms with Gasteiger partial charge < -0.3 is 5.11 Å². The third-order valence-electron chi connectivity index (χ3n) is 1.84. The quantitative estimate of drug-likeness (QED) is 0.805. The highest BCUT2D eigenvalue weighted by Gasteiger charge is 2.10. The molecular weight excluding hydrogens is 200 g/mol. The van der Waals surface area contributed by atoms with Crippen molar-refractivity contribution in [3.63, 3.8) is 0 Å². The smallest absolute Gasteiger partial charge is 0.134 e. The van der Waals surface area contributed by atoms with E-state index in [-0.39, 0.29) is 16.8 Å². The van der Waals surface area contributed by atoms with Gasteiger partial charge in [-0.3, -0.25) is 5.32 Å². The molecule has 2 N–H and O–H groups in total. The van der Waals surface area contributed by atoms with Crippen molar-refractivity contribution < 1.29 is 5.11 Å². The number of phenols is 1. The molecule has 3 nitrogen and oxygen atoms in total. The number of benzene rings is 1.